The Morgan fingerprint density at radius 3 is 3.22 bits per heavy atom. The lowest BCUT2D eigenvalue weighted by molar-refractivity contribution is 0.843. The molecule has 9 heavy (non-hydrogen) atoms. The molecule has 0 aliphatic carbocycles. The lowest BCUT2D eigenvalue weighted by atomic mass is 10.2. The summed E-state index contributed by atoms with van der Waals surface area (Å²) in [6, 6.07) is 0. The van der Waals surface area contributed by atoms with Gasteiger partial charge in [-0.15, -0.1) is 0 Å². The van der Waals surface area contributed by atoms with Crippen molar-refractivity contribution < 1.29 is 0 Å². The lowest BCUT2D eigenvalue weighted by Gasteiger charge is -2.13. The van der Waals surface area contributed by atoms with Crippen LogP contribution in [0.15, 0.2) is 12.2 Å². The third-order valence-electron chi connectivity index (χ3n) is 2.04. The molecule has 1 atom stereocenters. The van der Waals surface area contributed by atoms with Crippen molar-refractivity contribution in [3.8, 4) is 0 Å². The second-order valence-electron chi connectivity index (χ2n) is 2.69. The zero-order valence-electron chi connectivity index (χ0n) is 5.60. The highest BCUT2D eigenvalue weighted by Crippen LogP contribution is 2.29. The molecule has 0 amide bonds. The summed E-state index contributed by atoms with van der Waals surface area (Å²) in [6.07, 6.45) is 9.04. The van der Waals surface area contributed by atoms with E-state index in [1.807, 2.05) is 0 Å². The number of rotatable bonds is 0. The van der Waals surface area contributed by atoms with Gasteiger partial charge in [0.15, 0.2) is 0 Å². The molecule has 0 nitrogen and oxygen atoms in total. The zero-order chi connectivity index (χ0) is 6.10. The van der Waals surface area contributed by atoms with Gasteiger partial charge in [0.05, 0.1) is 0 Å². The highest BCUT2D eigenvalue weighted by Gasteiger charge is 2.11. The smallest absolute Gasteiger partial charge is 0.00691 e. The fourth-order valence-corrected chi connectivity index (χ4v) is 3.76. The summed E-state index contributed by atoms with van der Waals surface area (Å²) in [4.78, 5) is 1.77. The van der Waals surface area contributed by atoms with Crippen molar-refractivity contribution >= 4 is 15.3 Å². The van der Waals surface area contributed by atoms with Crippen LogP contribution in [0.4, 0.5) is 0 Å². The molecule has 0 aromatic rings. The predicted molar refractivity (Wildman–Crippen MR) is 45.3 cm³/mol. The van der Waals surface area contributed by atoms with E-state index in [1.165, 1.54) is 30.8 Å². The second-order valence-corrected chi connectivity index (χ2v) is 4.94. The zero-order valence-corrected chi connectivity index (χ0v) is 6.41. The summed E-state index contributed by atoms with van der Waals surface area (Å²) in [6.45, 7) is 0. The van der Waals surface area contributed by atoms with Gasteiger partial charge >= 0.3 is 0 Å². The Balaban J connectivity index is 2.24. The van der Waals surface area contributed by atoms with Gasteiger partial charge in [-0.3, -0.25) is 0 Å². The normalized spacial score (nSPS) is 32.9. The largest absolute Gasteiger partial charge is 0.179 e. The topological polar surface area (TPSA) is 0 Å². The van der Waals surface area contributed by atoms with Gasteiger partial charge in [-0.2, -0.15) is 10.5 Å². The third-order valence-corrected chi connectivity index (χ3v) is 4.49. The molecule has 0 aromatic carbocycles. The first-order chi connectivity index (χ1) is 4.47. The summed E-state index contributed by atoms with van der Waals surface area (Å²) in [7, 11) is 0.720. The van der Waals surface area contributed by atoms with Crippen LogP contribution in [0, 0.1) is 0 Å². The highest BCUT2D eigenvalue weighted by atomic mass is 32.2. The van der Waals surface area contributed by atoms with Gasteiger partial charge in [-0.05, 0) is 29.9 Å². The molecule has 2 rings (SSSR count). The van der Waals surface area contributed by atoms with Gasteiger partial charge in [-0.25, -0.2) is 0 Å². The van der Waals surface area contributed by atoms with Crippen molar-refractivity contribution in [3.05, 3.63) is 12.2 Å². The number of hydrogen-bond donors (Lipinski definition) is 0. The highest BCUT2D eigenvalue weighted by molar-refractivity contribution is 8.16. The molecule has 2 aliphatic heterocycles. The molecule has 0 fully saturated rings. The van der Waals surface area contributed by atoms with E-state index in [0.717, 1.165) is 10.5 Å². The van der Waals surface area contributed by atoms with E-state index in [1.54, 1.807) is 4.86 Å². The first kappa shape index (κ1) is 5.72. The summed E-state index contributed by atoms with van der Waals surface area (Å²) in [5, 5.41) is 0. The molecule has 0 bridgehead atoms. The maximum absolute atomic E-state index is 2.36. The van der Waals surface area contributed by atoms with Crippen LogP contribution in [0.3, 0.4) is 0 Å². The van der Waals surface area contributed by atoms with E-state index in [4.69, 9.17) is 0 Å². The molecule has 0 radical (unpaired) electrons. The Labute approximate surface area is 58.9 Å². The lowest BCUT2D eigenvalue weighted by Crippen LogP contribution is -2.01. The van der Waals surface area contributed by atoms with Crippen molar-refractivity contribution in [3.63, 3.8) is 0 Å². The molecular weight excluding hydrogens is 128 g/mol. The fraction of sp³-hybridized carbons (Fsp3) is 0.625. The first-order valence-electron chi connectivity index (χ1n) is 3.67. The molecule has 0 saturated heterocycles. The summed E-state index contributed by atoms with van der Waals surface area (Å²) >= 11 is 0. The minimum atomic E-state index is 0.720. The molecular formula is C8H12S. The number of allylic oxidation sites excluding steroid dienone is 1. The van der Waals surface area contributed by atoms with Crippen LogP contribution in [0.2, 0.25) is 0 Å². The van der Waals surface area contributed by atoms with E-state index in [2.05, 4.69) is 12.2 Å². The fourth-order valence-electron chi connectivity index (χ4n) is 1.52. The summed E-state index contributed by atoms with van der Waals surface area (Å²) in [5.74, 6) is 2.86. The molecule has 2 heterocycles. The Kier molecular flexibility index (Phi) is 1.46. The maximum Gasteiger partial charge on any atom is 0.00691 e. The molecule has 0 aromatic heterocycles. The third kappa shape index (κ3) is 0.983. The molecule has 50 valence electrons. The van der Waals surface area contributed by atoms with E-state index in [9.17, 15) is 0 Å². The second kappa shape index (κ2) is 2.30. The average Bonchev–Trinajstić information content (AvgIpc) is 2.33. The van der Waals surface area contributed by atoms with Gasteiger partial charge in [0.1, 0.15) is 0 Å². The van der Waals surface area contributed by atoms with Crippen molar-refractivity contribution in [1.29, 1.82) is 0 Å². The molecule has 0 spiro atoms. The van der Waals surface area contributed by atoms with Crippen LogP contribution >= 0.6 is 10.5 Å². The standard InChI is InChI=1S/C8H12S/c1-2-6-9-7-3-5-8(9)4-1/h3,5H,1-2,4,6-7H2. The molecule has 2 aliphatic rings. The van der Waals surface area contributed by atoms with Gasteiger partial charge in [0.2, 0.25) is 0 Å². The minimum Gasteiger partial charge on any atom is -0.179 e. The van der Waals surface area contributed by atoms with Crippen LogP contribution in [0.25, 0.3) is 0 Å². The Morgan fingerprint density at radius 2 is 2.33 bits per heavy atom. The van der Waals surface area contributed by atoms with Crippen LogP contribution in [0.5, 0.6) is 0 Å². The quantitative estimate of drug-likeness (QED) is 0.452. The molecule has 0 N–H and O–H groups in total. The Hall–Kier alpha value is -0.0400. The van der Waals surface area contributed by atoms with Gasteiger partial charge in [-0.1, -0.05) is 12.2 Å². The Morgan fingerprint density at radius 1 is 1.33 bits per heavy atom. The molecule has 1 unspecified atom stereocenters. The maximum atomic E-state index is 2.36. The van der Waals surface area contributed by atoms with Gasteiger partial charge in [0, 0.05) is 5.75 Å². The number of hydrogen-bond acceptors (Lipinski definition) is 0. The minimum absolute atomic E-state index is 0.720. The van der Waals surface area contributed by atoms with Crippen molar-refractivity contribution in [2.75, 3.05) is 11.5 Å². The monoisotopic (exact) mass is 140 g/mol. The van der Waals surface area contributed by atoms with E-state index in [-0.39, 0.29) is 0 Å². The Bertz CT molecular complexity index is 177. The van der Waals surface area contributed by atoms with Crippen LogP contribution in [-0.2, 0) is 0 Å². The summed E-state index contributed by atoms with van der Waals surface area (Å²) < 4.78 is 0. The van der Waals surface area contributed by atoms with Gasteiger partial charge in [0.25, 0.3) is 0 Å². The van der Waals surface area contributed by atoms with Crippen molar-refractivity contribution in [2.24, 2.45) is 0 Å². The van der Waals surface area contributed by atoms with E-state index in [0.29, 0.717) is 0 Å². The van der Waals surface area contributed by atoms with Crippen LogP contribution in [0.1, 0.15) is 19.3 Å². The first-order valence-corrected chi connectivity index (χ1v) is 5.23. The van der Waals surface area contributed by atoms with E-state index < -0.39 is 0 Å². The predicted octanol–water partition coefficient (Wildman–Crippen LogP) is 2.18. The summed E-state index contributed by atoms with van der Waals surface area (Å²) in [5.41, 5.74) is 0. The van der Waals surface area contributed by atoms with Crippen LogP contribution < -0.4 is 0 Å². The van der Waals surface area contributed by atoms with Crippen molar-refractivity contribution in [1.82, 2.24) is 0 Å². The molecule has 1 heteroatoms. The van der Waals surface area contributed by atoms with Crippen molar-refractivity contribution in [2.45, 2.75) is 19.3 Å². The van der Waals surface area contributed by atoms with Gasteiger partial charge < -0.3 is 0 Å². The SMILES string of the molecule is C1=CC2=S(C1)CCCC2. The average molecular weight is 140 g/mol. The van der Waals surface area contributed by atoms with E-state index >= 15 is 0 Å². The molecule has 0 saturated carbocycles. The van der Waals surface area contributed by atoms with Crippen LogP contribution in [-0.4, -0.2) is 16.4 Å².